The molecule has 6 nitrogen and oxygen atoms in total. The minimum Gasteiger partial charge on any atom is -0.477 e. The molecule has 0 fully saturated rings. The van der Waals surface area contributed by atoms with E-state index in [0.717, 1.165) is 37.2 Å². The quantitative estimate of drug-likeness (QED) is 0.639. The molecular formula is C25H24N2O4. The molecular weight excluding hydrogens is 392 g/mol. The van der Waals surface area contributed by atoms with Crippen LogP contribution in [0, 0.1) is 0 Å². The summed E-state index contributed by atoms with van der Waals surface area (Å²) >= 11 is 0. The van der Waals surface area contributed by atoms with Gasteiger partial charge in [0.25, 0.3) is 5.91 Å². The van der Waals surface area contributed by atoms with Crippen LogP contribution in [0.1, 0.15) is 22.5 Å². The highest BCUT2D eigenvalue weighted by Gasteiger charge is 2.24. The summed E-state index contributed by atoms with van der Waals surface area (Å²) in [5, 5.41) is 0. The summed E-state index contributed by atoms with van der Waals surface area (Å²) in [5.41, 5.74) is 4.50. The summed E-state index contributed by atoms with van der Waals surface area (Å²) in [5.74, 6) is 0.491. The molecule has 0 saturated heterocycles. The smallest absolute Gasteiger partial charge is 0.264 e. The lowest BCUT2D eigenvalue weighted by Gasteiger charge is -2.28. The van der Waals surface area contributed by atoms with Gasteiger partial charge in [0.1, 0.15) is 12.0 Å². The van der Waals surface area contributed by atoms with Crippen molar-refractivity contribution >= 4 is 11.6 Å². The van der Waals surface area contributed by atoms with Gasteiger partial charge in [-0.05, 0) is 35.6 Å². The molecule has 158 valence electrons. The second kappa shape index (κ2) is 8.40. The molecule has 2 aliphatic heterocycles. The van der Waals surface area contributed by atoms with Crippen LogP contribution in [0.15, 0.2) is 70.1 Å². The largest absolute Gasteiger partial charge is 0.477 e. The lowest BCUT2D eigenvalue weighted by atomic mass is 10.00. The number of para-hydroxylation sites is 1. The molecule has 31 heavy (non-hydrogen) atoms. The van der Waals surface area contributed by atoms with E-state index in [0.29, 0.717) is 18.8 Å². The average Bonchev–Trinajstić information content (AvgIpc) is 3.23. The number of hydrogen-bond acceptors (Lipinski definition) is 5. The van der Waals surface area contributed by atoms with E-state index < -0.39 is 0 Å². The van der Waals surface area contributed by atoms with E-state index in [1.54, 1.807) is 4.90 Å². The van der Waals surface area contributed by atoms with Gasteiger partial charge in [-0.2, -0.15) is 0 Å². The van der Waals surface area contributed by atoms with Crippen molar-refractivity contribution in [2.24, 2.45) is 0 Å². The van der Waals surface area contributed by atoms with Gasteiger partial charge in [-0.25, -0.2) is 0 Å². The van der Waals surface area contributed by atoms with E-state index >= 15 is 0 Å². The fourth-order valence-electron chi connectivity index (χ4n) is 4.35. The Bertz CT molecular complexity index is 1170. The van der Waals surface area contributed by atoms with Gasteiger partial charge in [0.2, 0.25) is 11.2 Å². The fourth-order valence-corrected chi connectivity index (χ4v) is 4.35. The van der Waals surface area contributed by atoms with Crippen molar-refractivity contribution in [1.29, 1.82) is 0 Å². The summed E-state index contributed by atoms with van der Waals surface area (Å²) in [6, 6.07) is 17.7. The van der Waals surface area contributed by atoms with Crippen LogP contribution in [0.4, 0.5) is 5.69 Å². The predicted molar refractivity (Wildman–Crippen MR) is 117 cm³/mol. The van der Waals surface area contributed by atoms with Gasteiger partial charge in [-0.3, -0.25) is 14.5 Å². The molecule has 1 aromatic heterocycles. The predicted octanol–water partition coefficient (Wildman–Crippen LogP) is 3.17. The van der Waals surface area contributed by atoms with Gasteiger partial charge in [-0.1, -0.05) is 42.5 Å². The zero-order chi connectivity index (χ0) is 21.2. The number of nitrogens with zero attached hydrogens (tertiary/aromatic N) is 2. The molecule has 1 amide bonds. The van der Waals surface area contributed by atoms with E-state index in [1.165, 1.54) is 23.5 Å². The Balaban J connectivity index is 1.20. The number of benzene rings is 2. The van der Waals surface area contributed by atoms with Gasteiger partial charge in [0, 0.05) is 31.4 Å². The highest BCUT2D eigenvalue weighted by atomic mass is 16.5. The number of ether oxygens (including phenoxy) is 1. The van der Waals surface area contributed by atoms with Crippen molar-refractivity contribution in [3.8, 4) is 5.75 Å². The molecule has 0 unspecified atom stereocenters. The molecule has 5 rings (SSSR count). The maximum absolute atomic E-state index is 12.6. The molecule has 0 saturated carbocycles. The van der Waals surface area contributed by atoms with Crippen LogP contribution >= 0.6 is 0 Å². The summed E-state index contributed by atoms with van der Waals surface area (Å²) in [6.07, 6.45) is 3.14. The molecule has 0 aliphatic carbocycles. The number of carbonyl (C=O) groups is 1. The molecule has 2 aromatic carbocycles. The lowest BCUT2D eigenvalue weighted by molar-refractivity contribution is -0.120. The highest BCUT2D eigenvalue weighted by molar-refractivity contribution is 5.96. The summed E-state index contributed by atoms with van der Waals surface area (Å²) in [6.45, 7) is 2.76. The molecule has 0 N–H and O–H groups in total. The lowest BCUT2D eigenvalue weighted by Crippen LogP contribution is -2.34. The Morgan fingerprint density at radius 2 is 1.71 bits per heavy atom. The first-order chi connectivity index (χ1) is 15.2. The zero-order valence-corrected chi connectivity index (χ0v) is 17.3. The standard InChI is InChI=1S/C25H24N2O4/c28-23-13-21(15-26-11-9-18-5-1-2-7-20(18)14-26)30-16-24(23)31-17-25(29)27-12-10-19-6-3-4-8-22(19)27/h1-8,13,16H,9-12,14-15,17H2. The van der Waals surface area contributed by atoms with Crippen molar-refractivity contribution in [1.82, 2.24) is 4.90 Å². The Labute approximate surface area is 180 Å². The van der Waals surface area contributed by atoms with Crippen LogP contribution in [-0.2, 0) is 30.7 Å². The monoisotopic (exact) mass is 416 g/mol. The molecule has 0 spiro atoms. The highest BCUT2D eigenvalue weighted by Crippen LogP contribution is 2.27. The van der Waals surface area contributed by atoms with E-state index in [9.17, 15) is 9.59 Å². The molecule has 0 atom stereocenters. The van der Waals surface area contributed by atoms with Crippen molar-refractivity contribution in [2.75, 3.05) is 24.6 Å². The van der Waals surface area contributed by atoms with E-state index in [-0.39, 0.29) is 23.7 Å². The van der Waals surface area contributed by atoms with E-state index in [2.05, 4.69) is 29.2 Å². The van der Waals surface area contributed by atoms with Gasteiger partial charge < -0.3 is 14.1 Å². The molecule has 2 aliphatic rings. The number of hydrogen-bond donors (Lipinski definition) is 0. The first-order valence-electron chi connectivity index (χ1n) is 10.6. The van der Waals surface area contributed by atoms with Gasteiger partial charge in [0.05, 0.1) is 6.54 Å². The topological polar surface area (TPSA) is 63.0 Å². The van der Waals surface area contributed by atoms with Crippen molar-refractivity contribution in [2.45, 2.75) is 25.9 Å². The van der Waals surface area contributed by atoms with Crippen LogP contribution in [0.25, 0.3) is 0 Å². The van der Waals surface area contributed by atoms with E-state index in [1.807, 2.05) is 24.3 Å². The normalized spacial score (nSPS) is 15.4. The SMILES string of the molecule is O=C(COc1coc(CN2CCc3ccccc3C2)cc1=O)N1CCc2ccccc21. The Morgan fingerprint density at radius 3 is 2.55 bits per heavy atom. The maximum atomic E-state index is 12.6. The number of rotatable bonds is 5. The first kappa shape index (κ1) is 19.6. The van der Waals surface area contributed by atoms with Crippen LogP contribution in [-0.4, -0.2) is 30.5 Å². The fraction of sp³-hybridized carbons (Fsp3) is 0.280. The van der Waals surface area contributed by atoms with Gasteiger partial charge in [-0.15, -0.1) is 0 Å². The maximum Gasteiger partial charge on any atom is 0.264 e. The van der Waals surface area contributed by atoms with Crippen LogP contribution in [0.5, 0.6) is 5.75 Å². The van der Waals surface area contributed by atoms with Crippen molar-refractivity contribution < 1.29 is 13.9 Å². The molecule has 6 heteroatoms. The van der Waals surface area contributed by atoms with Crippen LogP contribution in [0.2, 0.25) is 0 Å². The van der Waals surface area contributed by atoms with Crippen molar-refractivity contribution in [3.05, 3.63) is 93.5 Å². The molecule has 3 aromatic rings. The second-order valence-corrected chi connectivity index (χ2v) is 8.02. The summed E-state index contributed by atoms with van der Waals surface area (Å²) in [4.78, 5) is 29.0. The summed E-state index contributed by atoms with van der Waals surface area (Å²) < 4.78 is 11.2. The van der Waals surface area contributed by atoms with Crippen molar-refractivity contribution in [3.63, 3.8) is 0 Å². The van der Waals surface area contributed by atoms with E-state index in [4.69, 9.17) is 9.15 Å². The Kier molecular flexibility index (Phi) is 5.30. The number of anilines is 1. The zero-order valence-electron chi connectivity index (χ0n) is 17.3. The number of fused-ring (bicyclic) bond motifs is 2. The number of amides is 1. The second-order valence-electron chi connectivity index (χ2n) is 8.02. The molecule has 0 radical (unpaired) electrons. The third-order valence-corrected chi connectivity index (χ3v) is 5.98. The van der Waals surface area contributed by atoms with Gasteiger partial charge in [0.15, 0.2) is 6.61 Å². The third kappa shape index (κ3) is 4.11. The van der Waals surface area contributed by atoms with Crippen LogP contribution < -0.4 is 15.1 Å². The van der Waals surface area contributed by atoms with Gasteiger partial charge >= 0.3 is 0 Å². The minimum atomic E-state index is -0.270. The first-order valence-corrected chi connectivity index (χ1v) is 10.6. The third-order valence-electron chi connectivity index (χ3n) is 5.98. The Morgan fingerprint density at radius 1 is 0.968 bits per heavy atom. The van der Waals surface area contributed by atoms with Crippen LogP contribution in [0.3, 0.4) is 0 Å². The summed E-state index contributed by atoms with van der Waals surface area (Å²) in [7, 11) is 0. The number of carbonyl (C=O) groups excluding carboxylic acids is 1. The Hall–Kier alpha value is -3.38. The average molecular weight is 416 g/mol. The molecule has 0 bridgehead atoms. The minimum absolute atomic E-state index is 0.0635. The molecule has 3 heterocycles.